The maximum Gasteiger partial charge on any atom is 0.255 e. The molecule has 0 spiro atoms. The average molecular weight is 446 g/mol. The van der Waals surface area contributed by atoms with Gasteiger partial charge in [-0.2, -0.15) is 0 Å². The minimum absolute atomic E-state index is 0.152. The molecule has 0 radical (unpaired) electrons. The molecule has 2 amide bonds. The van der Waals surface area contributed by atoms with Crippen LogP contribution in [-0.4, -0.2) is 37.8 Å². The van der Waals surface area contributed by atoms with Crippen LogP contribution in [0.3, 0.4) is 0 Å². The van der Waals surface area contributed by atoms with E-state index < -0.39 is 0 Å². The first kappa shape index (κ1) is 22.4. The molecular weight excluding hydrogens is 418 g/mol. The summed E-state index contributed by atoms with van der Waals surface area (Å²) in [7, 11) is 1.63. The zero-order valence-corrected chi connectivity index (χ0v) is 18.8. The molecule has 1 atom stereocenters. The van der Waals surface area contributed by atoms with Crippen LogP contribution in [0.25, 0.3) is 0 Å². The van der Waals surface area contributed by atoms with Crippen molar-refractivity contribution in [2.24, 2.45) is 7.05 Å². The molecule has 8 nitrogen and oxygen atoms in total. The van der Waals surface area contributed by atoms with Crippen LogP contribution in [0.4, 0.5) is 0 Å². The number of benzene rings is 1. The highest BCUT2D eigenvalue weighted by Crippen LogP contribution is 2.30. The average Bonchev–Trinajstić information content (AvgIpc) is 2.84. The topological polar surface area (TPSA) is 97.2 Å². The SMILES string of the molecule is Cc1nc([C@@H]2CCCCN2C(=O)c2ccc(=O)n(C)c2)ncc1C(=O)NCc1ccccc1. The Morgan fingerprint density at radius 3 is 2.64 bits per heavy atom. The number of aromatic nitrogens is 3. The normalized spacial score (nSPS) is 15.8. The fourth-order valence-corrected chi connectivity index (χ4v) is 4.07. The Morgan fingerprint density at radius 1 is 1.12 bits per heavy atom. The van der Waals surface area contributed by atoms with E-state index in [9.17, 15) is 14.4 Å². The summed E-state index contributed by atoms with van der Waals surface area (Å²) in [5.41, 5.74) is 2.29. The van der Waals surface area contributed by atoms with Gasteiger partial charge in [0.15, 0.2) is 5.82 Å². The van der Waals surface area contributed by atoms with Crippen molar-refractivity contribution in [3.05, 3.63) is 93.4 Å². The van der Waals surface area contributed by atoms with Gasteiger partial charge >= 0.3 is 0 Å². The van der Waals surface area contributed by atoms with Crippen LogP contribution in [0.1, 0.15) is 63.1 Å². The second-order valence-electron chi connectivity index (χ2n) is 8.27. The molecule has 2 aromatic heterocycles. The van der Waals surface area contributed by atoms with E-state index in [0.717, 1.165) is 24.8 Å². The van der Waals surface area contributed by atoms with Crippen molar-refractivity contribution < 1.29 is 9.59 Å². The van der Waals surface area contributed by atoms with Crippen LogP contribution in [0.2, 0.25) is 0 Å². The number of rotatable bonds is 5. The molecule has 0 aliphatic carbocycles. The molecule has 1 N–H and O–H groups in total. The Balaban J connectivity index is 1.52. The summed E-state index contributed by atoms with van der Waals surface area (Å²) < 4.78 is 1.40. The van der Waals surface area contributed by atoms with Gasteiger partial charge in [0, 0.05) is 38.6 Å². The fourth-order valence-electron chi connectivity index (χ4n) is 4.07. The molecule has 1 aromatic carbocycles. The Morgan fingerprint density at radius 2 is 1.91 bits per heavy atom. The van der Waals surface area contributed by atoms with Gasteiger partial charge in [0.05, 0.1) is 22.9 Å². The van der Waals surface area contributed by atoms with Gasteiger partial charge in [-0.1, -0.05) is 30.3 Å². The number of hydrogen-bond donors (Lipinski definition) is 1. The molecule has 4 rings (SSSR count). The van der Waals surface area contributed by atoms with Crippen molar-refractivity contribution in [1.29, 1.82) is 0 Å². The van der Waals surface area contributed by atoms with Crippen molar-refractivity contribution in [2.75, 3.05) is 6.54 Å². The quantitative estimate of drug-likeness (QED) is 0.651. The lowest BCUT2D eigenvalue weighted by atomic mass is 10.00. The van der Waals surface area contributed by atoms with Gasteiger partial charge in [0.1, 0.15) is 0 Å². The summed E-state index contributed by atoms with van der Waals surface area (Å²) in [6, 6.07) is 12.4. The van der Waals surface area contributed by atoms with E-state index in [0.29, 0.717) is 35.7 Å². The van der Waals surface area contributed by atoms with Gasteiger partial charge in [-0.25, -0.2) is 9.97 Å². The first-order chi connectivity index (χ1) is 15.9. The van der Waals surface area contributed by atoms with Crippen molar-refractivity contribution >= 4 is 11.8 Å². The van der Waals surface area contributed by atoms with Gasteiger partial charge < -0.3 is 14.8 Å². The van der Waals surface area contributed by atoms with Crippen molar-refractivity contribution in [3.8, 4) is 0 Å². The molecule has 0 bridgehead atoms. The van der Waals surface area contributed by atoms with Crippen LogP contribution in [-0.2, 0) is 13.6 Å². The van der Waals surface area contributed by atoms with E-state index in [1.807, 2.05) is 30.3 Å². The number of likely N-dealkylation sites (tertiary alicyclic amines) is 1. The number of nitrogens with zero attached hydrogens (tertiary/aromatic N) is 4. The number of hydrogen-bond acceptors (Lipinski definition) is 5. The molecule has 8 heteroatoms. The zero-order chi connectivity index (χ0) is 23.4. The summed E-state index contributed by atoms with van der Waals surface area (Å²) in [4.78, 5) is 48.4. The van der Waals surface area contributed by atoms with Crippen molar-refractivity contribution in [2.45, 2.75) is 38.8 Å². The molecule has 170 valence electrons. The third kappa shape index (κ3) is 5.00. The van der Waals surface area contributed by atoms with Crippen LogP contribution < -0.4 is 10.9 Å². The monoisotopic (exact) mass is 445 g/mol. The van der Waals surface area contributed by atoms with Gasteiger partial charge in [0.2, 0.25) is 5.56 Å². The molecular formula is C25H27N5O3. The lowest BCUT2D eigenvalue weighted by Gasteiger charge is -2.35. The highest BCUT2D eigenvalue weighted by molar-refractivity contribution is 5.95. The molecule has 1 aliphatic heterocycles. The van der Waals surface area contributed by atoms with E-state index in [2.05, 4.69) is 15.3 Å². The summed E-state index contributed by atoms with van der Waals surface area (Å²) >= 11 is 0. The highest BCUT2D eigenvalue weighted by atomic mass is 16.2. The number of amides is 2. The fraction of sp³-hybridized carbons (Fsp3) is 0.320. The number of nitrogens with one attached hydrogen (secondary N) is 1. The maximum atomic E-state index is 13.2. The number of carbonyl (C=O) groups excluding carboxylic acids is 2. The second kappa shape index (κ2) is 9.77. The van der Waals surface area contributed by atoms with Crippen LogP contribution >= 0.6 is 0 Å². The Bertz CT molecular complexity index is 1220. The van der Waals surface area contributed by atoms with Crippen LogP contribution in [0, 0.1) is 6.92 Å². The predicted octanol–water partition coefficient (Wildman–Crippen LogP) is 2.78. The smallest absolute Gasteiger partial charge is 0.255 e. The molecule has 1 fully saturated rings. The van der Waals surface area contributed by atoms with E-state index >= 15 is 0 Å². The molecule has 1 aliphatic rings. The molecule has 3 heterocycles. The number of piperidine rings is 1. The van der Waals surface area contributed by atoms with Gasteiger partial charge in [-0.3, -0.25) is 14.4 Å². The number of aryl methyl sites for hydroxylation is 2. The number of pyridine rings is 1. The molecule has 3 aromatic rings. The second-order valence-corrected chi connectivity index (χ2v) is 8.27. The van der Waals surface area contributed by atoms with Gasteiger partial charge in [-0.05, 0) is 37.8 Å². The molecule has 0 unspecified atom stereocenters. The van der Waals surface area contributed by atoms with Crippen molar-refractivity contribution in [3.63, 3.8) is 0 Å². The van der Waals surface area contributed by atoms with E-state index in [-0.39, 0.29) is 23.4 Å². The van der Waals surface area contributed by atoms with Gasteiger partial charge in [0.25, 0.3) is 11.8 Å². The largest absolute Gasteiger partial charge is 0.348 e. The zero-order valence-electron chi connectivity index (χ0n) is 18.8. The van der Waals surface area contributed by atoms with Crippen LogP contribution in [0.15, 0.2) is 59.7 Å². The lowest BCUT2D eigenvalue weighted by molar-refractivity contribution is 0.0598. The number of carbonyl (C=O) groups is 2. The first-order valence-corrected chi connectivity index (χ1v) is 11.1. The van der Waals surface area contributed by atoms with Crippen molar-refractivity contribution in [1.82, 2.24) is 24.8 Å². The first-order valence-electron chi connectivity index (χ1n) is 11.1. The van der Waals surface area contributed by atoms with Gasteiger partial charge in [-0.15, -0.1) is 0 Å². The third-order valence-electron chi connectivity index (χ3n) is 5.93. The Hall–Kier alpha value is -3.81. The minimum Gasteiger partial charge on any atom is -0.348 e. The highest BCUT2D eigenvalue weighted by Gasteiger charge is 2.31. The van der Waals surface area contributed by atoms with Crippen LogP contribution in [0.5, 0.6) is 0 Å². The Labute approximate surface area is 192 Å². The summed E-state index contributed by atoms with van der Waals surface area (Å²) in [5.74, 6) is 0.149. The summed E-state index contributed by atoms with van der Waals surface area (Å²) in [6.07, 6.45) is 5.71. The van der Waals surface area contributed by atoms with E-state index in [1.165, 1.54) is 10.6 Å². The summed E-state index contributed by atoms with van der Waals surface area (Å²) in [6.45, 7) is 2.80. The molecule has 1 saturated heterocycles. The lowest BCUT2D eigenvalue weighted by Crippen LogP contribution is -2.40. The summed E-state index contributed by atoms with van der Waals surface area (Å²) in [5, 5.41) is 2.90. The maximum absolute atomic E-state index is 13.2. The third-order valence-corrected chi connectivity index (χ3v) is 5.93. The van der Waals surface area contributed by atoms with E-state index in [4.69, 9.17) is 0 Å². The predicted molar refractivity (Wildman–Crippen MR) is 124 cm³/mol. The molecule has 0 saturated carbocycles. The molecule has 33 heavy (non-hydrogen) atoms. The minimum atomic E-state index is -0.274. The van der Waals surface area contributed by atoms with E-state index in [1.54, 1.807) is 37.3 Å². The Kier molecular flexibility index (Phi) is 6.63. The standard InChI is InChI=1S/C25H27N5O3/c1-17-20(24(32)27-14-18-8-4-3-5-9-18)15-26-23(28-17)21-10-6-7-13-30(21)25(33)19-11-12-22(31)29(2)16-19/h3-5,8-9,11-12,15-16,21H,6-7,10,13-14H2,1-2H3,(H,27,32)/t21-/m0/s1.